The summed E-state index contributed by atoms with van der Waals surface area (Å²) in [6.07, 6.45) is 3.22. The minimum atomic E-state index is -0.181. The highest BCUT2D eigenvalue weighted by Gasteiger charge is 2.44. The maximum atomic E-state index is 13.1. The molecule has 0 unspecified atom stereocenters. The van der Waals surface area contributed by atoms with Gasteiger partial charge in [-0.25, -0.2) is 4.39 Å². The largest absolute Gasteiger partial charge is 0.381 e. The molecule has 0 aliphatic heterocycles. The average Bonchev–Trinajstić information content (AvgIpc) is 3.35. The second kappa shape index (κ2) is 11.0. The fourth-order valence-electron chi connectivity index (χ4n) is 2.70. The van der Waals surface area contributed by atoms with Gasteiger partial charge < -0.3 is 15.4 Å². The number of nitrogens with one attached hydrogen (secondary N) is 2. The van der Waals surface area contributed by atoms with Crippen LogP contribution in [0.15, 0.2) is 29.3 Å². The van der Waals surface area contributed by atoms with Crippen LogP contribution in [0.4, 0.5) is 4.39 Å². The zero-order chi connectivity index (χ0) is 17.4. The number of hydrogen-bond acceptors (Lipinski definition) is 2. The van der Waals surface area contributed by atoms with E-state index < -0.39 is 0 Å². The summed E-state index contributed by atoms with van der Waals surface area (Å²) in [5.41, 5.74) is 1.33. The molecule has 2 rings (SSSR count). The number of nitrogens with zero attached hydrogens (tertiary/aromatic N) is 1. The van der Waals surface area contributed by atoms with Crippen molar-refractivity contribution in [2.24, 2.45) is 10.9 Å². The summed E-state index contributed by atoms with van der Waals surface area (Å²) in [4.78, 5) is 4.27. The number of rotatable bonds is 9. The molecule has 1 aliphatic carbocycles. The van der Waals surface area contributed by atoms with E-state index in [0.717, 1.165) is 51.5 Å². The molecular weight excluding hydrogens is 432 g/mol. The number of guanidine groups is 1. The summed E-state index contributed by atoms with van der Waals surface area (Å²) in [7, 11) is 1.78. The highest BCUT2D eigenvalue weighted by atomic mass is 127. The molecule has 1 aliphatic rings. The van der Waals surface area contributed by atoms with E-state index >= 15 is 0 Å². The Bertz CT molecular complexity index is 530. The van der Waals surface area contributed by atoms with Crippen LogP contribution in [0.1, 0.15) is 38.7 Å². The van der Waals surface area contributed by atoms with E-state index in [4.69, 9.17) is 4.74 Å². The first-order chi connectivity index (χ1) is 11.6. The number of hydrogen-bond donors (Lipinski definition) is 2. The molecule has 1 aromatic rings. The lowest BCUT2D eigenvalue weighted by Gasteiger charge is -2.19. The van der Waals surface area contributed by atoms with Crippen molar-refractivity contribution < 1.29 is 9.13 Å². The van der Waals surface area contributed by atoms with Gasteiger partial charge in [0.05, 0.1) is 0 Å². The smallest absolute Gasteiger partial charge is 0.191 e. The van der Waals surface area contributed by atoms with Crippen molar-refractivity contribution in [3.63, 3.8) is 0 Å². The van der Waals surface area contributed by atoms with Gasteiger partial charge in [0.2, 0.25) is 0 Å². The Morgan fingerprint density at radius 2 is 1.92 bits per heavy atom. The van der Waals surface area contributed by atoms with Crippen LogP contribution in [-0.4, -0.2) is 39.3 Å². The van der Waals surface area contributed by atoms with Gasteiger partial charge >= 0.3 is 0 Å². The van der Waals surface area contributed by atoms with E-state index in [-0.39, 0.29) is 35.2 Å². The Balaban J connectivity index is 0.00000312. The van der Waals surface area contributed by atoms with E-state index in [1.54, 1.807) is 19.2 Å². The molecule has 2 N–H and O–H groups in total. The number of benzene rings is 1. The molecule has 0 aromatic heterocycles. The van der Waals surface area contributed by atoms with Crippen molar-refractivity contribution in [1.82, 2.24) is 10.6 Å². The molecule has 142 valence electrons. The van der Waals surface area contributed by atoms with Crippen molar-refractivity contribution in [2.45, 2.75) is 38.5 Å². The van der Waals surface area contributed by atoms with Crippen LogP contribution in [0, 0.1) is 11.7 Å². The predicted octanol–water partition coefficient (Wildman–Crippen LogP) is 3.70. The van der Waals surface area contributed by atoms with Crippen molar-refractivity contribution in [3.05, 3.63) is 35.6 Å². The molecule has 6 heteroatoms. The molecule has 4 nitrogen and oxygen atoms in total. The van der Waals surface area contributed by atoms with Crippen LogP contribution in [0.5, 0.6) is 0 Å². The number of aliphatic imine (C=N–C) groups is 1. The standard InChI is InChI=1S/C19H30FN3O.HI/c1-15(2)13-24-12-4-11-22-18(21-3)23-14-19(9-10-19)16-5-7-17(20)8-6-16;/h5-8,15H,4,9-14H2,1-3H3,(H2,21,22,23);1H. The van der Waals surface area contributed by atoms with Gasteiger partial charge in [-0.15, -0.1) is 24.0 Å². The fourth-order valence-corrected chi connectivity index (χ4v) is 2.70. The van der Waals surface area contributed by atoms with Crippen molar-refractivity contribution in [3.8, 4) is 0 Å². The lowest BCUT2D eigenvalue weighted by Crippen LogP contribution is -2.41. The van der Waals surface area contributed by atoms with Crippen molar-refractivity contribution >= 4 is 29.9 Å². The molecule has 0 spiro atoms. The Morgan fingerprint density at radius 1 is 1.24 bits per heavy atom. The van der Waals surface area contributed by atoms with E-state index in [9.17, 15) is 4.39 Å². The second-order valence-electron chi connectivity index (χ2n) is 6.96. The van der Waals surface area contributed by atoms with Crippen LogP contribution in [0.25, 0.3) is 0 Å². The third-order valence-corrected chi connectivity index (χ3v) is 4.34. The second-order valence-corrected chi connectivity index (χ2v) is 6.96. The molecule has 0 radical (unpaired) electrons. The summed E-state index contributed by atoms with van der Waals surface area (Å²) in [6, 6.07) is 6.87. The summed E-state index contributed by atoms with van der Waals surface area (Å²) in [5, 5.41) is 6.72. The highest BCUT2D eigenvalue weighted by Crippen LogP contribution is 2.47. The Hall–Kier alpha value is -0.890. The lowest BCUT2D eigenvalue weighted by molar-refractivity contribution is 0.108. The molecule has 1 fully saturated rings. The summed E-state index contributed by atoms with van der Waals surface area (Å²) in [5.74, 6) is 1.21. The Kier molecular flexibility index (Phi) is 9.71. The van der Waals surface area contributed by atoms with Gasteiger partial charge in [0.1, 0.15) is 5.82 Å². The average molecular weight is 463 g/mol. The monoisotopic (exact) mass is 463 g/mol. The van der Waals surface area contributed by atoms with Crippen LogP contribution < -0.4 is 10.6 Å². The van der Waals surface area contributed by atoms with Gasteiger partial charge in [0.25, 0.3) is 0 Å². The van der Waals surface area contributed by atoms with Gasteiger partial charge in [-0.3, -0.25) is 4.99 Å². The number of halogens is 2. The molecule has 25 heavy (non-hydrogen) atoms. The van der Waals surface area contributed by atoms with Crippen LogP contribution >= 0.6 is 24.0 Å². The normalized spacial score (nSPS) is 15.6. The van der Waals surface area contributed by atoms with E-state index in [1.165, 1.54) is 5.56 Å². The predicted molar refractivity (Wildman–Crippen MR) is 112 cm³/mol. The van der Waals surface area contributed by atoms with E-state index in [1.807, 2.05) is 12.1 Å². The molecule has 0 bridgehead atoms. The van der Waals surface area contributed by atoms with E-state index in [2.05, 4.69) is 29.5 Å². The SMILES string of the molecule is CN=C(NCCCOCC(C)C)NCC1(c2ccc(F)cc2)CC1.I. The highest BCUT2D eigenvalue weighted by molar-refractivity contribution is 14.0. The lowest BCUT2D eigenvalue weighted by atomic mass is 9.96. The van der Waals surface area contributed by atoms with Gasteiger partial charge in [-0.1, -0.05) is 26.0 Å². The molecule has 0 atom stereocenters. The molecular formula is C19H31FIN3O. The molecule has 0 heterocycles. The van der Waals surface area contributed by atoms with Crippen LogP contribution in [0.2, 0.25) is 0 Å². The summed E-state index contributed by atoms with van der Waals surface area (Å²) >= 11 is 0. The molecule has 1 saturated carbocycles. The minimum Gasteiger partial charge on any atom is -0.381 e. The molecule has 0 saturated heterocycles. The third-order valence-electron chi connectivity index (χ3n) is 4.34. The zero-order valence-corrected chi connectivity index (χ0v) is 17.8. The van der Waals surface area contributed by atoms with Gasteiger partial charge in [0.15, 0.2) is 5.96 Å². The van der Waals surface area contributed by atoms with Crippen molar-refractivity contribution in [2.75, 3.05) is 33.4 Å². The summed E-state index contributed by atoms with van der Waals surface area (Å²) < 4.78 is 18.7. The third kappa shape index (κ3) is 7.48. The topological polar surface area (TPSA) is 45.7 Å². The number of ether oxygens (including phenoxy) is 1. The molecule has 1 aromatic carbocycles. The van der Waals surface area contributed by atoms with Crippen molar-refractivity contribution in [1.29, 1.82) is 0 Å². The van der Waals surface area contributed by atoms with E-state index in [0.29, 0.717) is 5.92 Å². The zero-order valence-electron chi connectivity index (χ0n) is 15.5. The maximum Gasteiger partial charge on any atom is 0.191 e. The fraction of sp³-hybridized carbons (Fsp3) is 0.632. The first kappa shape index (κ1) is 22.2. The first-order valence-corrected chi connectivity index (χ1v) is 8.84. The Labute approximate surface area is 168 Å². The summed E-state index contributed by atoms with van der Waals surface area (Å²) in [6.45, 7) is 7.54. The van der Waals surface area contributed by atoms with Gasteiger partial charge in [-0.2, -0.15) is 0 Å². The van der Waals surface area contributed by atoms with Crippen LogP contribution in [0.3, 0.4) is 0 Å². The quantitative estimate of drug-likeness (QED) is 0.254. The van der Waals surface area contributed by atoms with Gasteiger partial charge in [-0.05, 0) is 42.9 Å². The van der Waals surface area contributed by atoms with Crippen LogP contribution in [-0.2, 0) is 10.2 Å². The minimum absolute atomic E-state index is 0. The van der Waals surface area contributed by atoms with Gasteiger partial charge in [0, 0.05) is 38.8 Å². The first-order valence-electron chi connectivity index (χ1n) is 8.84. The maximum absolute atomic E-state index is 13.1. The molecule has 0 amide bonds. The Morgan fingerprint density at radius 3 is 2.48 bits per heavy atom.